The van der Waals surface area contributed by atoms with E-state index in [4.69, 9.17) is 9.47 Å². The van der Waals surface area contributed by atoms with E-state index in [2.05, 4.69) is 5.32 Å². The number of ketones is 1. The molecule has 4 nitrogen and oxygen atoms in total. The third-order valence-electron chi connectivity index (χ3n) is 3.78. The predicted octanol–water partition coefficient (Wildman–Crippen LogP) is 3.17. The standard InChI is InChI=1S/C18H19NO3/c1-2-15(19-11-13-6-4-3-5-7-13)18(20)14-8-9-16-17(10-14)22-12-21-16/h3-10,15,19H,2,11-12H2,1H3. The fraction of sp³-hybridized carbons (Fsp3) is 0.278. The smallest absolute Gasteiger partial charge is 0.231 e. The van der Waals surface area contributed by atoms with Crippen LogP contribution in [0.1, 0.15) is 29.3 Å². The molecule has 2 aromatic carbocycles. The maximum Gasteiger partial charge on any atom is 0.231 e. The number of hydrogen-bond acceptors (Lipinski definition) is 4. The third kappa shape index (κ3) is 3.12. The van der Waals surface area contributed by atoms with Gasteiger partial charge in [0.15, 0.2) is 17.3 Å². The van der Waals surface area contributed by atoms with Crippen molar-refractivity contribution in [3.05, 3.63) is 59.7 Å². The van der Waals surface area contributed by atoms with E-state index in [0.29, 0.717) is 23.6 Å². The number of fused-ring (bicyclic) bond motifs is 1. The van der Waals surface area contributed by atoms with E-state index in [1.54, 1.807) is 18.2 Å². The molecule has 0 aromatic heterocycles. The summed E-state index contributed by atoms with van der Waals surface area (Å²) in [4.78, 5) is 12.6. The molecule has 0 saturated heterocycles. The molecular weight excluding hydrogens is 278 g/mol. The van der Waals surface area contributed by atoms with Crippen LogP contribution in [-0.2, 0) is 6.54 Å². The van der Waals surface area contributed by atoms with Gasteiger partial charge in [-0.2, -0.15) is 0 Å². The fourth-order valence-corrected chi connectivity index (χ4v) is 2.51. The zero-order valence-corrected chi connectivity index (χ0v) is 12.5. The summed E-state index contributed by atoms with van der Waals surface area (Å²) in [6.45, 7) is 2.90. The number of benzene rings is 2. The lowest BCUT2D eigenvalue weighted by Gasteiger charge is -2.16. The minimum absolute atomic E-state index is 0.0803. The number of ether oxygens (including phenoxy) is 2. The van der Waals surface area contributed by atoms with Gasteiger partial charge in [-0.25, -0.2) is 0 Å². The van der Waals surface area contributed by atoms with Crippen molar-refractivity contribution in [2.45, 2.75) is 25.9 Å². The average molecular weight is 297 g/mol. The lowest BCUT2D eigenvalue weighted by Crippen LogP contribution is -2.35. The van der Waals surface area contributed by atoms with Gasteiger partial charge in [0.1, 0.15) is 0 Å². The van der Waals surface area contributed by atoms with E-state index in [0.717, 1.165) is 6.42 Å². The fourth-order valence-electron chi connectivity index (χ4n) is 2.51. The summed E-state index contributed by atoms with van der Waals surface area (Å²) in [6.07, 6.45) is 0.736. The first-order valence-electron chi connectivity index (χ1n) is 7.49. The van der Waals surface area contributed by atoms with Crippen molar-refractivity contribution in [2.75, 3.05) is 6.79 Å². The van der Waals surface area contributed by atoms with Gasteiger partial charge in [0, 0.05) is 12.1 Å². The molecule has 0 fully saturated rings. The van der Waals surface area contributed by atoms with Gasteiger partial charge in [-0.05, 0) is 30.2 Å². The maximum absolute atomic E-state index is 12.6. The Balaban J connectivity index is 1.69. The molecule has 0 amide bonds. The van der Waals surface area contributed by atoms with Gasteiger partial charge >= 0.3 is 0 Å². The number of carbonyl (C=O) groups excluding carboxylic acids is 1. The Morgan fingerprint density at radius 3 is 2.68 bits per heavy atom. The third-order valence-corrected chi connectivity index (χ3v) is 3.78. The summed E-state index contributed by atoms with van der Waals surface area (Å²) in [6, 6.07) is 15.2. The Bertz CT molecular complexity index is 655. The molecule has 1 aliphatic heterocycles. The first kappa shape index (κ1) is 14.6. The number of carbonyl (C=O) groups is 1. The Morgan fingerprint density at radius 2 is 1.91 bits per heavy atom. The zero-order chi connectivity index (χ0) is 15.4. The maximum atomic E-state index is 12.6. The van der Waals surface area contributed by atoms with Crippen molar-refractivity contribution < 1.29 is 14.3 Å². The summed E-state index contributed by atoms with van der Waals surface area (Å²) in [5.74, 6) is 1.42. The van der Waals surface area contributed by atoms with Crippen LogP contribution in [0.2, 0.25) is 0 Å². The molecule has 0 saturated carbocycles. The van der Waals surface area contributed by atoms with Crippen LogP contribution >= 0.6 is 0 Å². The molecule has 1 unspecified atom stereocenters. The van der Waals surface area contributed by atoms with Crippen molar-refractivity contribution in [1.82, 2.24) is 5.32 Å². The molecule has 0 bridgehead atoms. The number of nitrogens with one attached hydrogen (secondary N) is 1. The molecule has 1 atom stereocenters. The molecule has 1 heterocycles. The van der Waals surface area contributed by atoms with Crippen molar-refractivity contribution in [3.63, 3.8) is 0 Å². The number of rotatable bonds is 6. The zero-order valence-electron chi connectivity index (χ0n) is 12.5. The first-order valence-corrected chi connectivity index (χ1v) is 7.49. The number of hydrogen-bond donors (Lipinski definition) is 1. The van der Waals surface area contributed by atoms with Crippen molar-refractivity contribution in [1.29, 1.82) is 0 Å². The van der Waals surface area contributed by atoms with Crippen LogP contribution in [0.3, 0.4) is 0 Å². The van der Waals surface area contributed by atoms with E-state index in [-0.39, 0.29) is 18.6 Å². The Kier molecular flexibility index (Phi) is 4.39. The number of Topliss-reactive ketones (excluding diaryl/α,β-unsaturated/α-hetero) is 1. The topological polar surface area (TPSA) is 47.6 Å². The Morgan fingerprint density at radius 1 is 1.14 bits per heavy atom. The van der Waals surface area contributed by atoms with Crippen LogP contribution in [-0.4, -0.2) is 18.6 Å². The Labute approximate surface area is 130 Å². The van der Waals surface area contributed by atoms with Crippen molar-refractivity contribution in [3.8, 4) is 11.5 Å². The average Bonchev–Trinajstić information content (AvgIpc) is 3.03. The SMILES string of the molecule is CCC(NCc1ccccc1)C(=O)c1ccc2c(c1)OCO2. The van der Waals surface area contributed by atoms with Gasteiger partial charge in [0.05, 0.1) is 6.04 Å². The first-order chi connectivity index (χ1) is 10.8. The van der Waals surface area contributed by atoms with Gasteiger partial charge in [0.25, 0.3) is 0 Å². The van der Waals surface area contributed by atoms with Crippen molar-refractivity contribution >= 4 is 5.78 Å². The summed E-state index contributed by atoms with van der Waals surface area (Å²) >= 11 is 0. The highest BCUT2D eigenvalue weighted by Gasteiger charge is 2.21. The van der Waals surface area contributed by atoms with E-state index in [9.17, 15) is 4.79 Å². The molecule has 22 heavy (non-hydrogen) atoms. The van der Waals surface area contributed by atoms with Gasteiger partial charge in [0.2, 0.25) is 6.79 Å². The second kappa shape index (κ2) is 6.62. The highest BCUT2D eigenvalue weighted by Crippen LogP contribution is 2.32. The molecule has 1 N–H and O–H groups in total. The van der Waals surface area contributed by atoms with E-state index in [1.807, 2.05) is 37.3 Å². The molecule has 0 radical (unpaired) electrons. The second-order valence-electron chi connectivity index (χ2n) is 5.26. The minimum atomic E-state index is -0.208. The van der Waals surface area contributed by atoms with Crippen LogP contribution in [0.25, 0.3) is 0 Å². The summed E-state index contributed by atoms with van der Waals surface area (Å²) in [5.41, 5.74) is 1.82. The van der Waals surface area contributed by atoms with E-state index >= 15 is 0 Å². The van der Waals surface area contributed by atoms with Crippen LogP contribution < -0.4 is 14.8 Å². The monoisotopic (exact) mass is 297 g/mol. The molecular formula is C18H19NO3. The van der Waals surface area contributed by atoms with Crippen LogP contribution in [0.15, 0.2) is 48.5 Å². The summed E-state index contributed by atoms with van der Waals surface area (Å²) in [5, 5.41) is 3.33. The Hall–Kier alpha value is -2.33. The van der Waals surface area contributed by atoms with E-state index in [1.165, 1.54) is 5.56 Å². The minimum Gasteiger partial charge on any atom is -0.454 e. The predicted molar refractivity (Wildman–Crippen MR) is 84.3 cm³/mol. The summed E-state index contributed by atoms with van der Waals surface area (Å²) in [7, 11) is 0. The molecule has 1 aliphatic rings. The van der Waals surface area contributed by atoms with Crippen LogP contribution in [0, 0.1) is 0 Å². The van der Waals surface area contributed by atoms with Crippen LogP contribution in [0.4, 0.5) is 0 Å². The van der Waals surface area contributed by atoms with E-state index < -0.39 is 0 Å². The lowest BCUT2D eigenvalue weighted by molar-refractivity contribution is 0.0939. The second-order valence-corrected chi connectivity index (χ2v) is 5.26. The highest BCUT2D eigenvalue weighted by molar-refractivity contribution is 6.00. The van der Waals surface area contributed by atoms with Gasteiger partial charge in [-0.1, -0.05) is 37.3 Å². The molecule has 4 heteroatoms. The summed E-state index contributed by atoms with van der Waals surface area (Å²) < 4.78 is 10.6. The lowest BCUT2D eigenvalue weighted by atomic mass is 10.0. The molecule has 114 valence electrons. The van der Waals surface area contributed by atoms with Crippen molar-refractivity contribution in [2.24, 2.45) is 0 Å². The molecule has 0 aliphatic carbocycles. The normalized spacial score (nSPS) is 13.9. The molecule has 3 rings (SSSR count). The molecule has 2 aromatic rings. The molecule has 0 spiro atoms. The van der Waals surface area contributed by atoms with Gasteiger partial charge in [-0.3, -0.25) is 4.79 Å². The van der Waals surface area contributed by atoms with Gasteiger partial charge in [-0.15, -0.1) is 0 Å². The van der Waals surface area contributed by atoms with Gasteiger partial charge < -0.3 is 14.8 Å². The largest absolute Gasteiger partial charge is 0.454 e. The quantitative estimate of drug-likeness (QED) is 0.832. The highest BCUT2D eigenvalue weighted by atomic mass is 16.7. The van der Waals surface area contributed by atoms with Crippen LogP contribution in [0.5, 0.6) is 11.5 Å².